The van der Waals surface area contributed by atoms with Crippen molar-refractivity contribution >= 4 is 20.9 Å². The van der Waals surface area contributed by atoms with E-state index in [0.29, 0.717) is 11.2 Å². The number of fused-ring (bicyclic) bond motifs is 1. The molecule has 0 radical (unpaired) electrons. The van der Waals surface area contributed by atoms with Crippen molar-refractivity contribution in [1.82, 2.24) is 3.97 Å². The fraction of sp³-hybridized carbons (Fsp3) is 0.125. The van der Waals surface area contributed by atoms with Gasteiger partial charge < -0.3 is 5.11 Å². The molecular weight excluding hydrogens is 286 g/mol. The van der Waals surface area contributed by atoms with E-state index in [1.54, 1.807) is 55.5 Å². The van der Waals surface area contributed by atoms with E-state index < -0.39 is 16.1 Å². The van der Waals surface area contributed by atoms with Crippen LogP contribution in [0.5, 0.6) is 0 Å². The van der Waals surface area contributed by atoms with Crippen LogP contribution in [0.3, 0.4) is 0 Å². The first-order valence-corrected chi connectivity index (χ1v) is 8.05. The first-order chi connectivity index (χ1) is 10.0. The topological polar surface area (TPSA) is 59.3 Å². The van der Waals surface area contributed by atoms with Crippen LogP contribution in [0.15, 0.2) is 65.6 Å². The number of nitrogens with zero attached hydrogens (tertiary/aromatic N) is 1. The first kappa shape index (κ1) is 13.9. The van der Waals surface area contributed by atoms with Crippen LogP contribution in [0, 0.1) is 0 Å². The van der Waals surface area contributed by atoms with Crippen molar-refractivity contribution < 1.29 is 13.5 Å². The molecule has 0 spiro atoms. The molecule has 0 aliphatic heterocycles. The van der Waals surface area contributed by atoms with Gasteiger partial charge in [0.25, 0.3) is 10.0 Å². The monoisotopic (exact) mass is 301 g/mol. The molecule has 3 aromatic rings. The number of aromatic nitrogens is 1. The fourth-order valence-electron chi connectivity index (χ4n) is 2.41. The van der Waals surface area contributed by atoms with Crippen molar-refractivity contribution in [3.05, 3.63) is 66.4 Å². The number of hydrogen-bond donors (Lipinski definition) is 1. The minimum Gasteiger partial charge on any atom is -0.387 e. The summed E-state index contributed by atoms with van der Waals surface area (Å²) in [5.74, 6) is 0. The van der Waals surface area contributed by atoms with Crippen molar-refractivity contribution in [3.63, 3.8) is 0 Å². The Morgan fingerprint density at radius 1 is 1.00 bits per heavy atom. The summed E-state index contributed by atoms with van der Waals surface area (Å²) >= 11 is 0. The highest BCUT2D eigenvalue weighted by atomic mass is 32.2. The second-order valence-corrected chi connectivity index (χ2v) is 6.67. The molecule has 1 aromatic heterocycles. The number of aliphatic hydroxyl groups is 1. The highest BCUT2D eigenvalue weighted by Gasteiger charge is 2.24. The van der Waals surface area contributed by atoms with Crippen LogP contribution >= 0.6 is 0 Å². The summed E-state index contributed by atoms with van der Waals surface area (Å²) in [7, 11) is -3.74. The van der Waals surface area contributed by atoms with Crippen molar-refractivity contribution in [2.45, 2.75) is 17.9 Å². The zero-order valence-electron chi connectivity index (χ0n) is 11.5. The summed E-state index contributed by atoms with van der Waals surface area (Å²) in [5, 5.41) is 10.7. The minimum absolute atomic E-state index is 0.202. The normalized spacial score (nSPS) is 13.4. The summed E-state index contributed by atoms with van der Waals surface area (Å²) in [4.78, 5) is 0.202. The third-order valence-corrected chi connectivity index (χ3v) is 5.16. The lowest BCUT2D eigenvalue weighted by Gasteiger charge is -2.13. The Morgan fingerprint density at radius 2 is 1.62 bits per heavy atom. The molecule has 0 saturated heterocycles. The highest BCUT2D eigenvalue weighted by Crippen LogP contribution is 2.28. The minimum atomic E-state index is -3.74. The van der Waals surface area contributed by atoms with E-state index in [9.17, 15) is 13.5 Å². The van der Waals surface area contributed by atoms with Gasteiger partial charge in [-0.2, -0.15) is 0 Å². The molecular formula is C16H15NO3S. The maximum absolute atomic E-state index is 12.9. The van der Waals surface area contributed by atoms with E-state index >= 15 is 0 Å². The third kappa shape index (κ3) is 2.24. The molecule has 1 heterocycles. The molecule has 5 heteroatoms. The molecule has 0 bridgehead atoms. The molecule has 1 atom stereocenters. The highest BCUT2D eigenvalue weighted by molar-refractivity contribution is 7.90. The van der Waals surface area contributed by atoms with Gasteiger partial charge in [0.2, 0.25) is 0 Å². The number of para-hydroxylation sites is 1. The van der Waals surface area contributed by atoms with E-state index in [1.165, 1.54) is 3.97 Å². The Hall–Kier alpha value is -2.11. The maximum Gasteiger partial charge on any atom is 0.268 e. The first-order valence-electron chi connectivity index (χ1n) is 6.61. The quantitative estimate of drug-likeness (QED) is 0.809. The number of benzene rings is 2. The standard InChI is InChI=1S/C16H15NO3S/c1-12(18)16-11-13-7-5-6-10-15(13)17(16)21(19,20)14-8-3-2-4-9-14/h2-12,18H,1H3. The van der Waals surface area contributed by atoms with E-state index in [4.69, 9.17) is 0 Å². The Bertz CT molecular complexity index is 880. The van der Waals surface area contributed by atoms with Crippen LogP contribution in [-0.2, 0) is 10.0 Å². The van der Waals surface area contributed by atoms with Crippen LogP contribution in [0.1, 0.15) is 18.7 Å². The molecule has 0 aliphatic carbocycles. The maximum atomic E-state index is 12.9. The van der Waals surface area contributed by atoms with Gasteiger partial charge in [0.05, 0.1) is 22.2 Å². The van der Waals surface area contributed by atoms with Crippen molar-refractivity contribution in [1.29, 1.82) is 0 Å². The Kier molecular flexibility index (Phi) is 3.31. The Morgan fingerprint density at radius 3 is 2.29 bits per heavy atom. The van der Waals surface area contributed by atoms with Crippen molar-refractivity contribution in [3.8, 4) is 0 Å². The molecule has 0 fully saturated rings. The predicted molar refractivity (Wildman–Crippen MR) is 81.6 cm³/mol. The Labute approximate surface area is 123 Å². The van der Waals surface area contributed by atoms with E-state index in [2.05, 4.69) is 0 Å². The second-order valence-electron chi connectivity index (χ2n) is 4.89. The van der Waals surface area contributed by atoms with Gasteiger partial charge >= 0.3 is 0 Å². The number of hydrogen-bond acceptors (Lipinski definition) is 3. The molecule has 1 unspecified atom stereocenters. The summed E-state index contributed by atoms with van der Waals surface area (Å²) in [6.45, 7) is 1.56. The van der Waals surface area contributed by atoms with E-state index in [1.807, 2.05) is 12.1 Å². The smallest absolute Gasteiger partial charge is 0.268 e. The zero-order chi connectivity index (χ0) is 15.0. The van der Waals surface area contributed by atoms with Crippen LogP contribution in [0.25, 0.3) is 10.9 Å². The zero-order valence-corrected chi connectivity index (χ0v) is 12.3. The van der Waals surface area contributed by atoms with Gasteiger partial charge in [0.15, 0.2) is 0 Å². The Balaban J connectivity index is 2.36. The molecule has 21 heavy (non-hydrogen) atoms. The molecule has 0 saturated carbocycles. The van der Waals surface area contributed by atoms with Gasteiger partial charge in [-0.15, -0.1) is 0 Å². The van der Waals surface area contributed by atoms with Gasteiger partial charge in [0, 0.05) is 5.39 Å². The average molecular weight is 301 g/mol. The van der Waals surface area contributed by atoms with Crippen LogP contribution < -0.4 is 0 Å². The van der Waals surface area contributed by atoms with Gasteiger partial charge in [-0.25, -0.2) is 12.4 Å². The van der Waals surface area contributed by atoms with Crippen molar-refractivity contribution in [2.24, 2.45) is 0 Å². The fourth-order valence-corrected chi connectivity index (χ4v) is 4.03. The van der Waals surface area contributed by atoms with Gasteiger partial charge in [-0.05, 0) is 31.2 Å². The number of rotatable bonds is 3. The average Bonchev–Trinajstić information content (AvgIpc) is 2.88. The summed E-state index contributed by atoms with van der Waals surface area (Å²) in [6, 6.07) is 17.1. The van der Waals surface area contributed by atoms with Gasteiger partial charge in [0.1, 0.15) is 0 Å². The molecule has 0 aliphatic rings. The predicted octanol–water partition coefficient (Wildman–Crippen LogP) is 2.93. The molecule has 108 valence electrons. The van der Waals surface area contributed by atoms with Crippen molar-refractivity contribution in [2.75, 3.05) is 0 Å². The summed E-state index contributed by atoms with van der Waals surface area (Å²) in [5.41, 5.74) is 0.928. The molecule has 4 nitrogen and oxygen atoms in total. The summed E-state index contributed by atoms with van der Waals surface area (Å²) < 4.78 is 27.0. The lowest BCUT2D eigenvalue weighted by Crippen LogP contribution is -2.16. The van der Waals surface area contributed by atoms with Gasteiger partial charge in [-0.3, -0.25) is 0 Å². The lowest BCUT2D eigenvalue weighted by atomic mass is 10.2. The van der Waals surface area contributed by atoms with E-state index in [-0.39, 0.29) is 4.90 Å². The third-order valence-electron chi connectivity index (χ3n) is 3.40. The molecule has 3 rings (SSSR count). The van der Waals surface area contributed by atoms with Gasteiger partial charge in [-0.1, -0.05) is 36.4 Å². The molecule has 1 N–H and O–H groups in total. The van der Waals surface area contributed by atoms with Crippen LogP contribution in [0.4, 0.5) is 0 Å². The van der Waals surface area contributed by atoms with E-state index in [0.717, 1.165) is 5.39 Å². The SMILES string of the molecule is CC(O)c1cc2ccccc2n1S(=O)(=O)c1ccccc1. The number of aliphatic hydroxyl groups excluding tert-OH is 1. The summed E-state index contributed by atoms with van der Waals surface area (Å²) in [6.07, 6.45) is -0.879. The molecule has 2 aromatic carbocycles. The lowest BCUT2D eigenvalue weighted by molar-refractivity contribution is 0.193. The molecule has 0 amide bonds. The largest absolute Gasteiger partial charge is 0.387 e. The second kappa shape index (κ2) is 5.02. The van der Waals surface area contributed by atoms with Crippen LogP contribution in [-0.4, -0.2) is 17.5 Å². The van der Waals surface area contributed by atoms with Crippen LogP contribution in [0.2, 0.25) is 0 Å².